The fraction of sp³-hybridized carbons (Fsp3) is 0.346. The number of carbonyl (C=O) groups excluding carboxylic acids is 1. The highest BCUT2D eigenvalue weighted by Crippen LogP contribution is 2.36. The van der Waals surface area contributed by atoms with Crippen LogP contribution in [-0.2, 0) is 14.6 Å². The van der Waals surface area contributed by atoms with Crippen LogP contribution in [0.4, 0.5) is 10.1 Å². The second-order valence-electron chi connectivity index (χ2n) is 9.38. The molecule has 3 N–H and O–H groups in total. The van der Waals surface area contributed by atoms with E-state index in [1.165, 1.54) is 36.5 Å². The van der Waals surface area contributed by atoms with Crippen LogP contribution in [-0.4, -0.2) is 42.7 Å². The predicted molar refractivity (Wildman–Crippen MR) is 135 cm³/mol. The number of nitrogens with zero attached hydrogens (tertiary/aromatic N) is 2. The van der Waals surface area contributed by atoms with Gasteiger partial charge in [-0.1, -0.05) is 26.0 Å². The Labute approximate surface area is 210 Å². The maximum atomic E-state index is 14.6. The number of benzene rings is 1. The molecule has 4 rings (SSSR count). The number of anilines is 1. The van der Waals surface area contributed by atoms with Crippen molar-refractivity contribution in [1.29, 1.82) is 0 Å². The van der Waals surface area contributed by atoms with Crippen LogP contribution in [0, 0.1) is 11.7 Å². The zero-order valence-electron chi connectivity index (χ0n) is 20.3. The van der Waals surface area contributed by atoms with Gasteiger partial charge in [-0.25, -0.2) is 17.8 Å². The van der Waals surface area contributed by atoms with E-state index in [1.807, 2.05) is 0 Å². The van der Waals surface area contributed by atoms with Gasteiger partial charge in [-0.3, -0.25) is 9.78 Å². The van der Waals surface area contributed by atoms with Crippen LogP contribution in [0.1, 0.15) is 48.8 Å². The molecule has 0 spiro atoms. The quantitative estimate of drug-likeness (QED) is 0.509. The van der Waals surface area contributed by atoms with E-state index in [4.69, 9.17) is 10.5 Å². The average Bonchev–Trinajstić information content (AvgIpc) is 2.83. The number of ether oxygens (including phenoxy) is 1. The Morgan fingerprint density at radius 2 is 1.86 bits per heavy atom. The minimum absolute atomic E-state index is 0.00489. The highest BCUT2D eigenvalue weighted by atomic mass is 32.2. The van der Waals surface area contributed by atoms with Crippen molar-refractivity contribution in [3.8, 4) is 11.3 Å². The molecule has 8 nitrogen and oxygen atoms in total. The summed E-state index contributed by atoms with van der Waals surface area (Å²) in [6.45, 7) is 4.17. The zero-order chi connectivity index (χ0) is 26.0. The molecule has 1 saturated heterocycles. The van der Waals surface area contributed by atoms with Gasteiger partial charge in [0.05, 0.1) is 29.0 Å². The summed E-state index contributed by atoms with van der Waals surface area (Å²) < 4.78 is 44.3. The third kappa shape index (κ3) is 5.77. The van der Waals surface area contributed by atoms with Gasteiger partial charge in [-0.2, -0.15) is 0 Å². The van der Waals surface area contributed by atoms with Gasteiger partial charge in [0.15, 0.2) is 9.84 Å². The minimum atomic E-state index is -3.40. The van der Waals surface area contributed by atoms with Gasteiger partial charge in [0.1, 0.15) is 17.2 Å². The smallest absolute Gasteiger partial charge is 0.274 e. The Bertz CT molecular complexity index is 1360. The van der Waals surface area contributed by atoms with Gasteiger partial charge in [-0.05, 0) is 49.1 Å². The van der Waals surface area contributed by atoms with Gasteiger partial charge < -0.3 is 15.8 Å². The van der Waals surface area contributed by atoms with Crippen molar-refractivity contribution in [3.05, 3.63) is 71.9 Å². The summed E-state index contributed by atoms with van der Waals surface area (Å²) in [4.78, 5) is 21.6. The average molecular weight is 513 g/mol. The number of rotatable bonds is 6. The molecule has 1 aliphatic heterocycles. The minimum Gasteiger partial charge on any atom is -0.370 e. The number of hydrogen-bond donors (Lipinski definition) is 2. The normalized spacial score (nSPS) is 20.3. The first-order chi connectivity index (χ1) is 17.0. The Morgan fingerprint density at radius 3 is 2.53 bits per heavy atom. The lowest BCUT2D eigenvalue weighted by molar-refractivity contribution is -0.0787. The van der Waals surface area contributed by atoms with Crippen LogP contribution in [0.15, 0.2) is 59.8 Å². The largest absolute Gasteiger partial charge is 0.370 e. The first-order valence-electron chi connectivity index (χ1n) is 11.7. The first kappa shape index (κ1) is 25.9. The molecule has 1 aliphatic rings. The SMILES string of the molecule is CC(C)C1CC(N)CC(c2ccncc2NC(=O)c2ccc(F)c(-c3ccc(S(C)(=O)=O)cc3)n2)O1. The molecule has 1 aromatic carbocycles. The molecule has 2 aromatic heterocycles. The van der Waals surface area contributed by atoms with Gasteiger partial charge in [-0.15, -0.1) is 0 Å². The number of amides is 1. The zero-order valence-corrected chi connectivity index (χ0v) is 21.1. The molecule has 0 radical (unpaired) electrons. The van der Waals surface area contributed by atoms with E-state index in [0.717, 1.165) is 24.3 Å². The lowest BCUT2D eigenvalue weighted by Crippen LogP contribution is -2.39. The first-order valence-corrected chi connectivity index (χ1v) is 13.6. The summed E-state index contributed by atoms with van der Waals surface area (Å²) in [5.41, 5.74) is 7.80. The molecule has 3 unspecified atom stereocenters. The number of pyridine rings is 2. The second-order valence-corrected chi connectivity index (χ2v) is 11.4. The maximum Gasteiger partial charge on any atom is 0.274 e. The number of halogens is 1. The molecule has 10 heteroatoms. The van der Waals surface area contributed by atoms with Crippen molar-refractivity contribution in [2.75, 3.05) is 11.6 Å². The van der Waals surface area contributed by atoms with E-state index in [-0.39, 0.29) is 34.5 Å². The van der Waals surface area contributed by atoms with Crippen LogP contribution in [0.5, 0.6) is 0 Å². The van der Waals surface area contributed by atoms with E-state index in [9.17, 15) is 17.6 Å². The number of hydrogen-bond acceptors (Lipinski definition) is 7. The van der Waals surface area contributed by atoms with E-state index in [1.54, 1.807) is 12.3 Å². The number of sulfone groups is 1. The third-order valence-corrected chi connectivity index (χ3v) is 7.35. The lowest BCUT2D eigenvalue weighted by Gasteiger charge is -2.36. The van der Waals surface area contributed by atoms with Gasteiger partial charge >= 0.3 is 0 Å². The van der Waals surface area contributed by atoms with Crippen molar-refractivity contribution in [2.24, 2.45) is 11.7 Å². The lowest BCUT2D eigenvalue weighted by atomic mass is 9.90. The molecule has 3 aromatic rings. The molecule has 36 heavy (non-hydrogen) atoms. The Morgan fingerprint density at radius 1 is 1.14 bits per heavy atom. The summed E-state index contributed by atoms with van der Waals surface area (Å²) in [5.74, 6) is -0.879. The molecule has 190 valence electrons. The molecule has 1 amide bonds. The summed E-state index contributed by atoms with van der Waals surface area (Å²) in [5, 5.41) is 2.82. The summed E-state index contributed by atoms with van der Waals surface area (Å²) in [6, 6.07) is 9.87. The third-order valence-electron chi connectivity index (χ3n) is 6.22. The van der Waals surface area contributed by atoms with Crippen LogP contribution in [0.25, 0.3) is 11.3 Å². The van der Waals surface area contributed by atoms with Gasteiger partial charge in [0.2, 0.25) is 0 Å². The van der Waals surface area contributed by atoms with Crippen LogP contribution in [0.3, 0.4) is 0 Å². The monoisotopic (exact) mass is 512 g/mol. The summed E-state index contributed by atoms with van der Waals surface area (Å²) in [7, 11) is -3.40. The predicted octanol–water partition coefficient (Wildman–Crippen LogP) is 4.14. The van der Waals surface area contributed by atoms with Crippen molar-refractivity contribution < 1.29 is 22.3 Å². The highest BCUT2D eigenvalue weighted by molar-refractivity contribution is 7.90. The van der Waals surface area contributed by atoms with Crippen LogP contribution in [0.2, 0.25) is 0 Å². The second kappa shape index (κ2) is 10.4. The van der Waals surface area contributed by atoms with Gasteiger partial charge in [0, 0.05) is 29.6 Å². The number of nitrogens with one attached hydrogen (secondary N) is 1. The highest BCUT2D eigenvalue weighted by Gasteiger charge is 2.31. The molecular formula is C26H29FN4O4S. The van der Waals surface area contributed by atoms with Crippen molar-refractivity contribution in [3.63, 3.8) is 0 Å². The van der Waals surface area contributed by atoms with E-state index < -0.39 is 21.6 Å². The number of aromatic nitrogens is 2. The Kier molecular flexibility index (Phi) is 7.49. The van der Waals surface area contributed by atoms with E-state index in [0.29, 0.717) is 23.6 Å². The number of carbonyl (C=O) groups is 1. The molecule has 0 saturated carbocycles. The maximum absolute atomic E-state index is 14.6. The van der Waals surface area contributed by atoms with Crippen molar-refractivity contribution >= 4 is 21.4 Å². The van der Waals surface area contributed by atoms with Crippen LogP contribution >= 0.6 is 0 Å². The fourth-order valence-electron chi connectivity index (χ4n) is 4.23. The number of nitrogens with two attached hydrogens (primary N) is 1. The van der Waals surface area contributed by atoms with E-state index in [2.05, 4.69) is 29.1 Å². The van der Waals surface area contributed by atoms with Gasteiger partial charge in [0.25, 0.3) is 5.91 Å². The molecule has 0 bridgehead atoms. The van der Waals surface area contributed by atoms with Crippen molar-refractivity contribution in [2.45, 2.75) is 49.8 Å². The summed E-state index contributed by atoms with van der Waals surface area (Å²) in [6.07, 6.45) is 5.35. The Balaban J connectivity index is 1.59. The summed E-state index contributed by atoms with van der Waals surface area (Å²) >= 11 is 0. The topological polar surface area (TPSA) is 124 Å². The molecule has 1 fully saturated rings. The van der Waals surface area contributed by atoms with Crippen molar-refractivity contribution in [1.82, 2.24) is 9.97 Å². The molecule has 0 aliphatic carbocycles. The molecule has 3 heterocycles. The molecule has 3 atom stereocenters. The Hall–Kier alpha value is -3.21. The van der Waals surface area contributed by atoms with E-state index >= 15 is 0 Å². The molecular weight excluding hydrogens is 483 g/mol. The standard InChI is InChI=1S/C26H29FN4O4S/c1-15(2)23-12-17(28)13-24(35-23)19-10-11-29-14-22(19)31-26(32)21-9-8-20(27)25(30-21)16-4-6-18(7-5-16)36(3,33)34/h4-11,14-15,17,23-24H,12-13,28H2,1-3H3,(H,31,32). The fourth-order valence-corrected chi connectivity index (χ4v) is 4.86. The van der Waals surface area contributed by atoms with Crippen LogP contribution < -0.4 is 11.1 Å².